The van der Waals surface area contributed by atoms with Gasteiger partial charge in [0.2, 0.25) is 0 Å². The molecule has 1 aliphatic carbocycles. The summed E-state index contributed by atoms with van der Waals surface area (Å²) in [5.74, 6) is 1.03. The van der Waals surface area contributed by atoms with Gasteiger partial charge in [0, 0.05) is 11.9 Å². The largest absolute Gasteiger partial charge is 0.298 e. The van der Waals surface area contributed by atoms with Crippen molar-refractivity contribution in [1.29, 1.82) is 0 Å². The Morgan fingerprint density at radius 1 is 0.857 bits per heavy atom. The van der Waals surface area contributed by atoms with Gasteiger partial charge in [-0.3, -0.25) is 4.57 Å². The van der Waals surface area contributed by atoms with Crippen molar-refractivity contribution in [3.05, 3.63) is 72.1 Å². The molecule has 3 aromatic rings. The van der Waals surface area contributed by atoms with Crippen LogP contribution in [0.2, 0.25) is 0 Å². The number of nitrogens with zero attached hydrogens (tertiary/aromatic N) is 2. The van der Waals surface area contributed by atoms with Crippen LogP contribution in [0.4, 0.5) is 0 Å². The monoisotopic (exact) mass is 274 g/mol. The third-order valence-corrected chi connectivity index (χ3v) is 4.25. The Hall–Kier alpha value is -2.35. The zero-order chi connectivity index (χ0) is 14.1. The second kappa shape index (κ2) is 5.21. The fraction of sp³-hybridized carbons (Fsp3) is 0.211. The quantitative estimate of drug-likeness (QED) is 0.676. The van der Waals surface area contributed by atoms with Crippen molar-refractivity contribution in [2.75, 3.05) is 0 Å². The van der Waals surface area contributed by atoms with Gasteiger partial charge in [-0.05, 0) is 55.0 Å². The Balaban J connectivity index is 1.96. The second-order valence-electron chi connectivity index (χ2n) is 5.60. The van der Waals surface area contributed by atoms with Crippen LogP contribution in [0.3, 0.4) is 0 Å². The number of hydrogen-bond acceptors (Lipinski definition) is 1. The lowest BCUT2D eigenvalue weighted by Gasteiger charge is -2.16. The molecular weight excluding hydrogens is 256 g/mol. The Kier molecular flexibility index (Phi) is 3.07. The summed E-state index contributed by atoms with van der Waals surface area (Å²) in [4.78, 5) is 4.58. The minimum Gasteiger partial charge on any atom is -0.298 e. The van der Waals surface area contributed by atoms with E-state index in [0.717, 1.165) is 12.2 Å². The third kappa shape index (κ3) is 2.17. The van der Waals surface area contributed by atoms with Crippen molar-refractivity contribution in [3.8, 4) is 17.1 Å². The fourth-order valence-electron chi connectivity index (χ4n) is 3.27. The number of pyridine rings is 1. The first-order valence-corrected chi connectivity index (χ1v) is 7.64. The highest BCUT2D eigenvalue weighted by Crippen LogP contribution is 2.33. The van der Waals surface area contributed by atoms with Crippen LogP contribution in [0.15, 0.2) is 60.8 Å². The van der Waals surface area contributed by atoms with Gasteiger partial charge in [-0.25, -0.2) is 4.98 Å². The maximum atomic E-state index is 4.58. The molecule has 1 aromatic carbocycles. The SMILES string of the molecule is c1ccc(-c2cc3c(n2-c2ccccn2)CCCC3)cc1. The van der Waals surface area contributed by atoms with E-state index in [1.54, 1.807) is 0 Å². The Bertz CT molecular complexity index is 742. The van der Waals surface area contributed by atoms with E-state index in [2.05, 4.69) is 58.1 Å². The first-order chi connectivity index (χ1) is 10.4. The van der Waals surface area contributed by atoms with Gasteiger partial charge in [0.15, 0.2) is 0 Å². The second-order valence-corrected chi connectivity index (χ2v) is 5.60. The maximum absolute atomic E-state index is 4.58. The molecule has 2 heterocycles. The molecule has 0 unspecified atom stereocenters. The van der Waals surface area contributed by atoms with Crippen molar-refractivity contribution in [2.24, 2.45) is 0 Å². The van der Waals surface area contributed by atoms with E-state index in [1.807, 2.05) is 12.3 Å². The molecule has 104 valence electrons. The molecule has 0 amide bonds. The number of aryl methyl sites for hydroxylation is 1. The van der Waals surface area contributed by atoms with Gasteiger partial charge >= 0.3 is 0 Å². The average Bonchev–Trinajstić information content (AvgIpc) is 2.96. The summed E-state index contributed by atoms with van der Waals surface area (Å²) in [5, 5.41) is 0. The van der Waals surface area contributed by atoms with Crippen LogP contribution in [0, 0.1) is 0 Å². The summed E-state index contributed by atoms with van der Waals surface area (Å²) in [6, 6.07) is 19.1. The predicted octanol–water partition coefficient (Wildman–Crippen LogP) is 4.42. The maximum Gasteiger partial charge on any atom is 0.137 e. The molecule has 0 bridgehead atoms. The first kappa shape index (κ1) is 12.4. The molecule has 0 aliphatic heterocycles. The van der Waals surface area contributed by atoms with Crippen LogP contribution in [0.25, 0.3) is 17.1 Å². The molecule has 4 rings (SSSR count). The van der Waals surface area contributed by atoms with Gasteiger partial charge in [-0.2, -0.15) is 0 Å². The normalized spacial score (nSPS) is 13.9. The third-order valence-electron chi connectivity index (χ3n) is 4.25. The molecule has 0 atom stereocenters. The summed E-state index contributed by atoms with van der Waals surface area (Å²) in [5.41, 5.74) is 5.46. The van der Waals surface area contributed by atoms with Crippen LogP contribution in [0.5, 0.6) is 0 Å². The fourth-order valence-corrected chi connectivity index (χ4v) is 3.27. The van der Waals surface area contributed by atoms with Gasteiger partial charge < -0.3 is 0 Å². The molecule has 0 N–H and O–H groups in total. The van der Waals surface area contributed by atoms with Gasteiger partial charge in [0.1, 0.15) is 5.82 Å². The molecule has 0 radical (unpaired) electrons. The standard InChI is InChI=1S/C19H18N2/c1-2-8-15(9-3-1)18-14-16-10-4-5-11-17(16)21(18)19-12-6-7-13-20-19/h1-3,6-9,12-14H,4-5,10-11H2. The lowest BCUT2D eigenvalue weighted by atomic mass is 9.98. The van der Waals surface area contributed by atoms with Gasteiger partial charge in [0.05, 0.1) is 5.69 Å². The van der Waals surface area contributed by atoms with Crippen LogP contribution in [-0.4, -0.2) is 9.55 Å². The van der Waals surface area contributed by atoms with Crippen molar-refractivity contribution >= 4 is 0 Å². The van der Waals surface area contributed by atoms with Crippen molar-refractivity contribution in [2.45, 2.75) is 25.7 Å². The highest BCUT2D eigenvalue weighted by atomic mass is 15.1. The zero-order valence-electron chi connectivity index (χ0n) is 12.0. The minimum absolute atomic E-state index is 1.03. The van der Waals surface area contributed by atoms with Crippen molar-refractivity contribution < 1.29 is 0 Å². The van der Waals surface area contributed by atoms with E-state index >= 15 is 0 Å². The molecular formula is C19H18N2. The number of hydrogen-bond donors (Lipinski definition) is 0. The van der Waals surface area contributed by atoms with E-state index in [-0.39, 0.29) is 0 Å². The van der Waals surface area contributed by atoms with E-state index < -0.39 is 0 Å². The minimum atomic E-state index is 1.03. The van der Waals surface area contributed by atoms with Gasteiger partial charge in [-0.15, -0.1) is 0 Å². The van der Waals surface area contributed by atoms with Crippen molar-refractivity contribution in [3.63, 3.8) is 0 Å². The number of fused-ring (bicyclic) bond motifs is 1. The van der Waals surface area contributed by atoms with Crippen molar-refractivity contribution in [1.82, 2.24) is 9.55 Å². The lowest BCUT2D eigenvalue weighted by molar-refractivity contribution is 0.661. The average molecular weight is 274 g/mol. The highest BCUT2D eigenvalue weighted by Gasteiger charge is 2.20. The summed E-state index contributed by atoms with van der Waals surface area (Å²) >= 11 is 0. The van der Waals surface area contributed by atoms with E-state index in [0.29, 0.717) is 0 Å². The van der Waals surface area contributed by atoms with Gasteiger partial charge in [0.25, 0.3) is 0 Å². The number of benzene rings is 1. The van der Waals surface area contributed by atoms with Crippen LogP contribution in [0.1, 0.15) is 24.1 Å². The number of rotatable bonds is 2. The summed E-state index contributed by atoms with van der Waals surface area (Å²) in [6.45, 7) is 0. The van der Waals surface area contributed by atoms with Gasteiger partial charge in [-0.1, -0.05) is 36.4 Å². The Morgan fingerprint density at radius 2 is 1.67 bits per heavy atom. The molecule has 21 heavy (non-hydrogen) atoms. The summed E-state index contributed by atoms with van der Waals surface area (Å²) in [6.07, 6.45) is 6.79. The molecule has 0 fully saturated rings. The highest BCUT2D eigenvalue weighted by molar-refractivity contribution is 5.65. The van der Waals surface area contributed by atoms with Crippen LogP contribution < -0.4 is 0 Å². The van der Waals surface area contributed by atoms with E-state index in [1.165, 1.54) is 41.8 Å². The van der Waals surface area contributed by atoms with E-state index in [4.69, 9.17) is 0 Å². The molecule has 0 saturated heterocycles. The Labute approximate surface area is 125 Å². The Morgan fingerprint density at radius 3 is 2.48 bits per heavy atom. The summed E-state index contributed by atoms with van der Waals surface area (Å²) < 4.78 is 2.35. The molecule has 0 saturated carbocycles. The molecule has 2 nitrogen and oxygen atoms in total. The topological polar surface area (TPSA) is 17.8 Å². The molecule has 2 heteroatoms. The first-order valence-electron chi connectivity index (χ1n) is 7.64. The molecule has 1 aliphatic rings. The molecule has 2 aromatic heterocycles. The summed E-state index contributed by atoms with van der Waals surface area (Å²) in [7, 11) is 0. The van der Waals surface area contributed by atoms with E-state index in [9.17, 15) is 0 Å². The van der Waals surface area contributed by atoms with Crippen LogP contribution >= 0.6 is 0 Å². The predicted molar refractivity (Wildman–Crippen MR) is 85.6 cm³/mol. The zero-order valence-corrected chi connectivity index (χ0v) is 12.0. The van der Waals surface area contributed by atoms with Crippen LogP contribution in [-0.2, 0) is 12.8 Å². The number of aromatic nitrogens is 2. The lowest BCUT2D eigenvalue weighted by Crippen LogP contribution is -2.08. The smallest absolute Gasteiger partial charge is 0.137 e. The molecule has 0 spiro atoms.